The second-order valence-corrected chi connectivity index (χ2v) is 4.31. The third-order valence-electron chi connectivity index (χ3n) is 2.01. The van der Waals surface area contributed by atoms with E-state index < -0.39 is 5.82 Å². The summed E-state index contributed by atoms with van der Waals surface area (Å²) < 4.78 is 13.0. The lowest BCUT2D eigenvalue weighted by molar-refractivity contribution is -0.116. The molecule has 78 valence electrons. The Bertz CT molecular complexity index is 425. The van der Waals surface area contributed by atoms with Crippen LogP contribution in [0.4, 0.5) is 4.39 Å². The smallest absolute Gasteiger partial charge is 0.143 e. The van der Waals surface area contributed by atoms with Crippen molar-refractivity contribution < 1.29 is 9.18 Å². The molecule has 0 fully saturated rings. The lowest BCUT2D eigenvalue weighted by Crippen LogP contribution is -2.12. The van der Waals surface area contributed by atoms with Gasteiger partial charge in [-0.25, -0.2) is 4.39 Å². The fourth-order valence-corrected chi connectivity index (χ4v) is 1.51. The number of rotatable bonds is 3. The molecule has 0 aliphatic heterocycles. The molecule has 0 aliphatic carbocycles. The zero-order valence-corrected chi connectivity index (χ0v) is 9.71. The van der Waals surface area contributed by atoms with Gasteiger partial charge in [0.25, 0.3) is 0 Å². The van der Waals surface area contributed by atoms with Crippen LogP contribution >= 0.6 is 15.9 Å². The largest absolute Gasteiger partial charge is 0.299 e. The minimum atomic E-state index is -0.532. The maximum atomic E-state index is 13.0. The summed E-state index contributed by atoms with van der Waals surface area (Å²) in [7, 11) is 0. The van der Waals surface area contributed by atoms with Crippen molar-refractivity contribution in [2.45, 2.75) is 18.2 Å². The molecule has 0 N–H and O–H groups in total. The molecular weight excluding hydrogens is 261 g/mol. The molecule has 1 aromatic carbocycles. The van der Waals surface area contributed by atoms with Crippen LogP contribution < -0.4 is 0 Å². The van der Waals surface area contributed by atoms with Gasteiger partial charge in [0, 0.05) is 0 Å². The highest BCUT2D eigenvalue weighted by Gasteiger charge is 2.11. The number of carbonyl (C=O) groups excluding carboxylic acids is 1. The molecule has 0 heterocycles. The molecule has 1 rings (SSSR count). The van der Waals surface area contributed by atoms with Crippen molar-refractivity contribution in [3.63, 3.8) is 0 Å². The molecule has 0 bridgehead atoms. The minimum absolute atomic E-state index is 0.00996. The van der Waals surface area contributed by atoms with Crippen molar-refractivity contribution in [3.05, 3.63) is 35.1 Å². The van der Waals surface area contributed by atoms with E-state index in [1.54, 1.807) is 12.1 Å². The number of benzene rings is 1. The van der Waals surface area contributed by atoms with Gasteiger partial charge in [-0.1, -0.05) is 22.0 Å². The van der Waals surface area contributed by atoms with Crippen LogP contribution in [-0.4, -0.2) is 10.6 Å². The van der Waals surface area contributed by atoms with Gasteiger partial charge in [-0.3, -0.25) is 4.79 Å². The van der Waals surface area contributed by atoms with Crippen LogP contribution in [-0.2, 0) is 11.2 Å². The van der Waals surface area contributed by atoms with Crippen molar-refractivity contribution in [2.75, 3.05) is 0 Å². The van der Waals surface area contributed by atoms with E-state index in [2.05, 4.69) is 15.9 Å². The Labute approximate surface area is 95.8 Å². The van der Waals surface area contributed by atoms with E-state index in [1.165, 1.54) is 19.1 Å². The highest BCUT2D eigenvalue weighted by Crippen LogP contribution is 2.14. The third-order valence-corrected chi connectivity index (χ3v) is 2.98. The number of halogens is 2. The number of ketones is 1. The Morgan fingerprint density at radius 3 is 2.87 bits per heavy atom. The molecule has 1 aromatic rings. The average molecular weight is 270 g/mol. The SMILES string of the molecule is CC(=O)C(Br)Cc1ccc(F)c(C#N)c1. The highest BCUT2D eigenvalue weighted by atomic mass is 79.9. The minimum Gasteiger partial charge on any atom is -0.299 e. The van der Waals surface area contributed by atoms with Gasteiger partial charge in [0.1, 0.15) is 17.7 Å². The summed E-state index contributed by atoms with van der Waals surface area (Å²) in [5, 5.41) is 8.62. The average Bonchev–Trinajstić information content (AvgIpc) is 2.20. The highest BCUT2D eigenvalue weighted by molar-refractivity contribution is 9.10. The first-order valence-corrected chi connectivity index (χ1v) is 5.29. The predicted octanol–water partition coefficient (Wildman–Crippen LogP) is 2.59. The van der Waals surface area contributed by atoms with Crippen LogP contribution in [0.15, 0.2) is 18.2 Å². The normalized spacial score (nSPS) is 11.9. The standard InChI is InChI=1S/C11H9BrFNO/c1-7(15)10(12)5-8-2-3-11(13)9(4-8)6-14/h2-4,10H,5H2,1H3. The summed E-state index contributed by atoms with van der Waals surface area (Å²) in [5.74, 6) is -0.520. The first-order valence-electron chi connectivity index (χ1n) is 4.37. The molecule has 0 aliphatic rings. The van der Waals surface area contributed by atoms with E-state index in [0.717, 1.165) is 5.56 Å². The summed E-state index contributed by atoms with van der Waals surface area (Å²) in [5.41, 5.74) is 0.778. The monoisotopic (exact) mass is 269 g/mol. The zero-order valence-electron chi connectivity index (χ0n) is 8.13. The Morgan fingerprint density at radius 2 is 2.33 bits per heavy atom. The molecule has 1 atom stereocenters. The Hall–Kier alpha value is -1.21. The number of hydrogen-bond donors (Lipinski definition) is 0. The van der Waals surface area contributed by atoms with Crippen molar-refractivity contribution in [3.8, 4) is 6.07 Å². The summed E-state index contributed by atoms with van der Waals surface area (Å²) in [6.07, 6.45) is 0.463. The van der Waals surface area contributed by atoms with Gasteiger partial charge >= 0.3 is 0 Å². The molecule has 0 spiro atoms. The summed E-state index contributed by atoms with van der Waals surface area (Å²) in [6.45, 7) is 1.48. The molecule has 0 aromatic heterocycles. The number of carbonyl (C=O) groups is 1. The molecule has 4 heteroatoms. The van der Waals surface area contributed by atoms with E-state index in [1.807, 2.05) is 0 Å². The second-order valence-electron chi connectivity index (χ2n) is 3.21. The van der Waals surface area contributed by atoms with Crippen LogP contribution in [0.3, 0.4) is 0 Å². The van der Waals surface area contributed by atoms with Crippen LogP contribution in [0.1, 0.15) is 18.1 Å². The van der Waals surface area contributed by atoms with Gasteiger partial charge in [0.15, 0.2) is 0 Å². The van der Waals surface area contributed by atoms with Crippen molar-refractivity contribution in [1.82, 2.24) is 0 Å². The Kier molecular flexibility index (Phi) is 3.98. The quantitative estimate of drug-likeness (QED) is 0.792. The topological polar surface area (TPSA) is 40.9 Å². The van der Waals surface area contributed by atoms with Crippen LogP contribution in [0.5, 0.6) is 0 Å². The maximum Gasteiger partial charge on any atom is 0.143 e. The molecule has 0 saturated carbocycles. The van der Waals surface area contributed by atoms with Gasteiger partial charge < -0.3 is 0 Å². The molecule has 0 amide bonds. The van der Waals surface area contributed by atoms with Gasteiger partial charge in [-0.15, -0.1) is 0 Å². The van der Waals surface area contributed by atoms with Gasteiger partial charge in [-0.05, 0) is 31.0 Å². The molecule has 15 heavy (non-hydrogen) atoms. The molecule has 1 unspecified atom stereocenters. The summed E-state index contributed by atoms with van der Waals surface area (Å²) in [4.78, 5) is 10.7. The van der Waals surface area contributed by atoms with Gasteiger partial charge in [0.05, 0.1) is 10.4 Å². The number of hydrogen-bond acceptors (Lipinski definition) is 2. The summed E-state index contributed by atoms with van der Waals surface area (Å²) in [6, 6.07) is 6.05. The first-order chi connectivity index (χ1) is 7.04. The number of nitrogens with zero attached hydrogens (tertiary/aromatic N) is 1. The number of nitriles is 1. The predicted molar refractivity (Wildman–Crippen MR) is 58.2 cm³/mol. The summed E-state index contributed by atoms with van der Waals surface area (Å²) >= 11 is 3.22. The van der Waals surface area contributed by atoms with Crippen molar-refractivity contribution in [2.24, 2.45) is 0 Å². The van der Waals surface area contributed by atoms with Gasteiger partial charge in [-0.2, -0.15) is 5.26 Å². The number of Topliss-reactive ketones (excluding diaryl/α,β-unsaturated/α-hetero) is 1. The van der Waals surface area contributed by atoms with Crippen molar-refractivity contribution in [1.29, 1.82) is 5.26 Å². The Balaban J connectivity index is 2.89. The van der Waals surface area contributed by atoms with E-state index in [4.69, 9.17) is 5.26 Å². The lowest BCUT2D eigenvalue weighted by Gasteiger charge is -2.06. The maximum absolute atomic E-state index is 13.0. The van der Waals surface area contributed by atoms with Gasteiger partial charge in [0.2, 0.25) is 0 Å². The van der Waals surface area contributed by atoms with E-state index >= 15 is 0 Å². The fraction of sp³-hybridized carbons (Fsp3) is 0.273. The lowest BCUT2D eigenvalue weighted by atomic mass is 10.1. The third kappa shape index (κ3) is 3.14. The molecule has 0 saturated heterocycles. The van der Waals surface area contributed by atoms with Crippen LogP contribution in [0.2, 0.25) is 0 Å². The van der Waals surface area contributed by atoms with Crippen LogP contribution in [0.25, 0.3) is 0 Å². The van der Waals surface area contributed by atoms with Crippen LogP contribution in [0, 0.1) is 17.1 Å². The molecule has 2 nitrogen and oxygen atoms in total. The van der Waals surface area contributed by atoms with E-state index in [9.17, 15) is 9.18 Å². The fourth-order valence-electron chi connectivity index (χ4n) is 1.14. The number of alkyl halides is 1. The van der Waals surface area contributed by atoms with E-state index in [0.29, 0.717) is 6.42 Å². The van der Waals surface area contributed by atoms with E-state index in [-0.39, 0.29) is 16.2 Å². The second kappa shape index (κ2) is 5.04. The molecule has 0 radical (unpaired) electrons. The zero-order chi connectivity index (χ0) is 11.4. The Morgan fingerprint density at radius 1 is 1.67 bits per heavy atom. The van der Waals surface area contributed by atoms with Crippen molar-refractivity contribution >= 4 is 21.7 Å². The first kappa shape index (κ1) is 11.9. The molecular formula is C11H9BrFNO.